The molecule has 1 saturated heterocycles. The van der Waals surface area contributed by atoms with Crippen LogP contribution < -0.4 is 5.32 Å². The van der Waals surface area contributed by atoms with Gasteiger partial charge in [0.05, 0.1) is 12.0 Å². The van der Waals surface area contributed by atoms with E-state index in [9.17, 15) is 0 Å². The van der Waals surface area contributed by atoms with Crippen LogP contribution in [0.1, 0.15) is 63.6 Å². The highest BCUT2D eigenvalue weighted by molar-refractivity contribution is 5.06. The molecule has 0 aromatic carbocycles. The van der Waals surface area contributed by atoms with Gasteiger partial charge in [-0.2, -0.15) is 0 Å². The molecule has 1 saturated carbocycles. The Morgan fingerprint density at radius 1 is 1.21 bits per heavy atom. The van der Waals surface area contributed by atoms with Gasteiger partial charge >= 0.3 is 0 Å². The topological polar surface area (TPSA) is 29.9 Å². The monoisotopic (exact) mass is 261 g/mol. The minimum atomic E-state index is 0.537. The maximum atomic E-state index is 4.41. The van der Waals surface area contributed by atoms with Gasteiger partial charge in [-0.1, -0.05) is 32.6 Å². The van der Waals surface area contributed by atoms with Crippen molar-refractivity contribution in [2.75, 3.05) is 6.54 Å². The molecule has 3 rings (SSSR count). The second kappa shape index (κ2) is 6.08. The standard InChI is InChI=1S/C16H27N3/c1-13-6-2-3-7-14(13)11-19-12-17-10-16(19)15-8-4-5-9-18-15/h10,12-15,18H,2-9,11H2,1H3. The SMILES string of the molecule is CC1CCCCC1Cn1cncc1C1CCCCN1. The third-order valence-corrected chi connectivity index (χ3v) is 5.13. The highest BCUT2D eigenvalue weighted by Gasteiger charge is 2.24. The van der Waals surface area contributed by atoms with Crippen LogP contribution in [0.3, 0.4) is 0 Å². The van der Waals surface area contributed by atoms with Gasteiger partial charge in [0.2, 0.25) is 0 Å². The van der Waals surface area contributed by atoms with Gasteiger partial charge in [0.15, 0.2) is 0 Å². The Kier molecular flexibility index (Phi) is 4.21. The van der Waals surface area contributed by atoms with Gasteiger partial charge in [-0.05, 0) is 37.6 Å². The Morgan fingerprint density at radius 2 is 2.05 bits per heavy atom. The lowest BCUT2D eigenvalue weighted by Gasteiger charge is -2.31. The van der Waals surface area contributed by atoms with Crippen LogP contribution >= 0.6 is 0 Å². The van der Waals surface area contributed by atoms with Gasteiger partial charge < -0.3 is 9.88 Å². The van der Waals surface area contributed by atoms with E-state index in [1.54, 1.807) is 0 Å². The van der Waals surface area contributed by atoms with Gasteiger partial charge in [-0.3, -0.25) is 0 Å². The zero-order valence-electron chi connectivity index (χ0n) is 12.1. The van der Waals surface area contributed by atoms with Gasteiger partial charge in [0.25, 0.3) is 0 Å². The smallest absolute Gasteiger partial charge is 0.0948 e. The van der Waals surface area contributed by atoms with Crippen molar-refractivity contribution < 1.29 is 0 Å². The predicted octanol–water partition coefficient (Wildman–Crippen LogP) is 3.52. The number of nitrogens with one attached hydrogen (secondary N) is 1. The minimum Gasteiger partial charge on any atom is -0.333 e. The first kappa shape index (κ1) is 13.2. The summed E-state index contributed by atoms with van der Waals surface area (Å²) in [5, 5.41) is 3.65. The molecule has 1 aromatic rings. The molecule has 2 heterocycles. The Hall–Kier alpha value is -0.830. The highest BCUT2D eigenvalue weighted by Crippen LogP contribution is 2.32. The van der Waals surface area contributed by atoms with Crippen LogP contribution in [0.5, 0.6) is 0 Å². The summed E-state index contributed by atoms with van der Waals surface area (Å²) in [6, 6.07) is 0.537. The zero-order valence-corrected chi connectivity index (χ0v) is 12.1. The molecule has 3 heteroatoms. The van der Waals surface area contributed by atoms with Crippen molar-refractivity contribution in [3.05, 3.63) is 18.2 Å². The summed E-state index contributed by atoms with van der Waals surface area (Å²) in [7, 11) is 0. The van der Waals surface area contributed by atoms with Crippen molar-refractivity contribution in [2.45, 2.75) is 64.5 Å². The molecule has 3 atom stereocenters. The third kappa shape index (κ3) is 3.02. The first-order valence-corrected chi connectivity index (χ1v) is 8.08. The summed E-state index contributed by atoms with van der Waals surface area (Å²) in [6.45, 7) is 4.77. The van der Waals surface area contributed by atoms with Crippen LogP contribution in [0.2, 0.25) is 0 Å². The Bertz CT molecular complexity index is 392. The molecule has 0 bridgehead atoms. The molecule has 1 aromatic heterocycles. The van der Waals surface area contributed by atoms with Crippen molar-refractivity contribution in [2.24, 2.45) is 11.8 Å². The molecular formula is C16H27N3. The van der Waals surface area contributed by atoms with E-state index in [0.29, 0.717) is 6.04 Å². The van der Waals surface area contributed by atoms with Crippen LogP contribution in [0.4, 0.5) is 0 Å². The number of nitrogens with zero attached hydrogens (tertiary/aromatic N) is 2. The van der Waals surface area contributed by atoms with E-state index >= 15 is 0 Å². The molecule has 19 heavy (non-hydrogen) atoms. The third-order valence-electron chi connectivity index (χ3n) is 5.13. The lowest BCUT2D eigenvalue weighted by molar-refractivity contribution is 0.224. The van der Waals surface area contributed by atoms with E-state index in [4.69, 9.17) is 0 Å². The summed E-state index contributed by atoms with van der Waals surface area (Å²) in [5.74, 6) is 1.73. The molecule has 0 amide bonds. The maximum absolute atomic E-state index is 4.41. The Morgan fingerprint density at radius 3 is 2.84 bits per heavy atom. The van der Waals surface area contributed by atoms with Crippen molar-refractivity contribution in [3.8, 4) is 0 Å². The van der Waals surface area contributed by atoms with E-state index in [-0.39, 0.29) is 0 Å². The second-order valence-electron chi connectivity index (χ2n) is 6.50. The van der Waals surface area contributed by atoms with E-state index in [2.05, 4.69) is 28.0 Å². The van der Waals surface area contributed by atoms with Gasteiger partial charge in [-0.15, -0.1) is 0 Å². The van der Waals surface area contributed by atoms with Crippen LogP contribution in [-0.2, 0) is 6.54 Å². The maximum Gasteiger partial charge on any atom is 0.0948 e. The van der Waals surface area contributed by atoms with E-state index in [0.717, 1.165) is 18.4 Å². The molecule has 2 aliphatic rings. The molecule has 0 radical (unpaired) electrons. The second-order valence-corrected chi connectivity index (χ2v) is 6.50. The lowest BCUT2D eigenvalue weighted by Crippen LogP contribution is -2.30. The Balaban J connectivity index is 1.68. The Labute approximate surface area is 116 Å². The van der Waals surface area contributed by atoms with Gasteiger partial charge in [-0.25, -0.2) is 4.98 Å². The number of imidazole rings is 1. The number of aromatic nitrogens is 2. The molecule has 0 spiro atoms. The van der Waals surface area contributed by atoms with E-state index in [1.165, 1.54) is 57.2 Å². The first-order chi connectivity index (χ1) is 9.34. The average molecular weight is 261 g/mol. The summed E-state index contributed by atoms with van der Waals surface area (Å²) >= 11 is 0. The number of hydrogen-bond donors (Lipinski definition) is 1. The van der Waals surface area contributed by atoms with Crippen LogP contribution in [0.25, 0.3) is 0 Å². The number of piperidine rings is 1. The number of hydrogen-bond acceptors (Lipinski definition) is 2. The van der Waals surface area contributed by atoms with Crippen molar-refractivity contribution in [1.29, 1.82) is 0 Å². The fourth-order valence-electron chi connectivity index (χ4n) is 3.79. The highest BCUT2D eigenvalue weighted by atomic mass is 15.1. The molecule has 1 aliphatic carbocycles. The van der Waals surface area contributed by atoms with Crippen LogP contribution in [0.15, 0.2) is 12.5 Å². The van der Waals surface area contributed by atoms with Crippen LogP contribution in [0, 0.1) is 11.8 Å². The van der Waals surface area contributed by atoms with Gasteiger partial charge in [0, 0.05) is 18.8 Å². The summed E-state index contributed by atoms with van der Waals surface area (Å²) < 4.78 is 2.43. The fraction of sp³-hybridized carbons (Fsp3) is 0.812. The molecule has 1 N–H and O–H groups in total. The summed E-state index contributed by atoms with van der Waals surface area (Å²) in [4.78, 5) is 4.41. The quantitative estimate of drug-likeness (QED) is 0.902. The fourth-order valence-corrected chi connectivity index (χ4v) is 3.79. The largest absolute Gasteiger partial charge is 0.333 e. The van der Waals surface area contributed by atoms with Gasteiger partial charge in [0.1, 0.15) is 0 Å². The normalized spacial score (nSPS) is 32.4. The van der Waals surface area contributed by atoms with E-state index < -0.39 is 0 Å². The predicted molar refractivity (Wildman–Crippen MR) is 77.9 cm³/mol. The molecule has 3 nitrogen and oxygen atoms in total. The molecule has 106 valence electrons. The first-order valence-electron chi connectivity index (χ1n) is 8.08. The molecular weight excluding hydrogens is 234 g/mol. The molecule has 2 fully saturated rings. The van der Waals surface area contributed by atoms with Crippen molar-refractivity contribution in [1.82, 2.24) is 14.9 Å². The van der Waals surface area contributed by atoms with Crippen LogP contribution in [-0.4, -0.2) is 16.1 Å². The van der Waals surface area contributed by atoms with Crippen molar-refractivity contribution >= 4 is 0 Å². The van der Waals surface area contributed by atoms with E-state index in [1.807, 2.05) is 6.33 Å². The average Bonchev–Trinajstić information content (AvgIpc) is 2.91. The lowest BCUT2D eigenvalue weighted by atomic mass is 9.80. The summed E-state index contributed by atoms with van der Waals surface area (Å²) in [6.07, 6.45) is 13.7. The van der Waals surface area contributed by atoms with Crippen molar-refractivity contribution in [3.63, 3.8) is 0 Å². The molecule has 3 unspecified atom stereocenters. The zero-order chi connectivity index (χ0) is 13.1. The summed E-state index contributed by atoms with van der Waals surface area (Å²) in [5.41, 5.74) is 1.41. The minimum absolute atomic E-state index is 0.537. The molecule has 1 aliphatic heterocycles. The number of rotatable bonds is 3.